The molecule has 0 aliphatic rings. The lowest BCUT2D eigenvalue weighted by molar-refractivity contribution is 0.545. The van der Waals surface area contributed by atoms with Crippen molar-refractivity contribution in [2.45, 2.75) is 24.8 Å². The predicted molar refractivity (Wildman–Crippen MR) is 104 cm³/mol. The van der Waals surface area contributed by atoms with Gasteiger partial charge in [0.25, 0.3) is 0 Å². The van der Waals surface area contributed by atoms with Crippen LogP contribution in [0.15, 0.2) is 53.7 Å². The minimum Gasteiger partial charge on any atom is -0.312 e. The quantitative estimate of drug-likeness (QED) is 0.562. The number of nitrogens with one attached hydrogen (secondary N) is 2. The highest BCUT2D eigenvalue weighted by atomic mass is 35.5. The molecule has 1 atom stereocenters. The second-order valence-electron chi connectivity index (χ2n) is 5.13. The molecule has 2 rings (SSSR count). The summed E-state index contributed by atoms with van der Waals surface area (Å²) in [5, 5.41) is 4.94. The summed E-state index contributed by atoms with van der Waals surface area (Å²) in [4.78, 5) is 4.29. The third kappa shape index (κ3) is 6.37. The highest BCUT2D eigenvalue weighted by Crippen LogP contribution is 2.18. The van der Waals surface area contributed by atoms with E-state index < -0.39 is 10.0 Å². The summed E-state index contributed by atoms with van der Waals surface area (Å²) in [5.41, 5.74) is 0. The maximum absolute atomic E-state index is 12.4. The van der Waals surface area contributed by atoms with Gasteiger partial charge in [-0.1, -0.05) is 18.2 Å². The summed E-state index contributed by atoms with van der Waals surface area (Å²) in [7, 11) is -3.52. The van der Waals surface area contributed by atoms with E-state index in [0.29, 0.717) is 6.54 Å². The molecule has 0 fully saturated rings. The number of sulfonamides is 1. The molecule has 1 aromatic carbocycles. The second kappa shape index (κ2) is 10.6. The van der Waals surface area contributed by atoms with Crippen molar-refractivity contribution in [3.05, 3.63) is 48.8 Å². The first-order valence-electron chi connectivity index (χ1n) is 7.21. The molecule has 24 heavy (non-hydrogen) atoms. The molecule has 0 saturated heterocycles. The van der Waals surface area contributed by atoms with Crippen molar-refractivity contribution < 1.29 is 8.42 Å². The molecule has 134 valence electrons. The summed E-state index contributed by atoms with van der Waals surface area (Å²) >= 11 is 0. The van der Waals surface area contributed by atoms with Gasteiger partial charge in [-0.2, -0.15) is 0 Å². The van der Waals surface area contributed by atoms with Crippen LogP contribution in [0.4, 0.5) is 0 Å². The Morgan fingerprint density at radius 1 is 1.21 bits per heavy atom. The van der Waals surface area contributed by atoms with Crippen LogP contribution in [0.3, 0.4) is 0 Å². The summed E-state index contributed by atoms with van der Waals surface area (Å²) in [6, 6.07) is 6.65. The van der Waals surface area contributed by atoms with Crippen molar-refractivity contribution in [2.24, 2.45) is 0 Å². The summed E-state index contributed by atoms with van der Waals surface area (Å²) in [6.45, 7) is 5.08. The highest BCUT2D eigenvalue weighted by Gasteiger charge is 2.17. The van der Waals surface area contributed by atoms with Crippen LogP contribution in [0.1, 0.15) is 13.8 Å². The molecule has 1 aromatic heterocycles. The van der Waals surface area contributed by atoms with Gasteiger partial charge in [-0.05, 0) is 37.4 Å². The van der Waals surface area contributed by atoms with Crippen LogP contribution in [0.25, 0.3) is 10.8 Å². The van der Waals surface area contributed by atoms with Gasteiger partial charge in [0.05, 0.1) is 4.90 Å². The molecule has 1 heterocycles. The van der Waals surface area contributed by atoms with Crippen molar-refractivity contribution in [2.75, 3.05) is 13.1 Å². The number of hydrogen-bond acceptors (Lipinski definition) is 4. The third-order valence-electron chi connectivity index (χ3n) is 3.23. The number of hydrogen-bond donors (Lipinski definition) is 2. The standard InChI is InChI=1S/C16H21N3O2S.2ClH/c1-3-4-8-17-11-13(2)19-22(20,21)16-6-5-15-12-18-9-7-14(15)10-16;;/h3-7,9-10,12-13,17,19H,8,11H2,1-2H3;2*1H. The first-order valence-corrected chi connectivity index (χ1v) is 8.69. The van der Waals surface area contributed by atoms with Crippen LogP contribution in [-0.2, 0) is 10.0 Å². The Hall–Kier alpha value is -1.18. The van der Waals surface area contributed by atoms with E-state index in [-0.39, 0.29) is 35.8 Å². The average molecular weight is 392 g/mol. The second-order valence-corrected chi connectivity index (χ2v) is 6.85. The molecule has 8 heteroatoms. The normalized spacial score (nSPS) is 12.6. The minimum absolute atomic E-state index is 0. The molecule has 5 nitrogen and oxygen atoms in total. The van der Waals surface area contributed by atoms with Crippen molar-refractivity contribution >= 4 is 45.6 Å². The Kier molecular flexibility index (Phi) is 10.1. The zero-order valence-corrected chi connectivity index (χ0v) is 16.0. The molecule has 0 saturated carbocycles. The topological polar surface area (TPSA) is 71.1 Å². The average Bonchev–Trinajstić information content (AvgIpc) is 2.50. The minimum atomic E-state index is -3.52. The van der Waals surface area contributed by atoms with Crippen LogP contribution in [0.5, 0.6) is 0 Å². The van der Waals surface area contributed by atoms with E-state index in [4.69, 9.17) is 0 Å². The first-order chi connectivity index (χ1) is 10.5. The van der Waals surface area contributed by atoms with E-state index in [2.05, 4.69) is 15.0 Å². The van der Waals surface area contributed by atoms with Crippen LogP contribution in [-0.4, -0.2) is 32.5 Å². The molecule has 0 spiro atoms. The zero-order valence-electron chi connectivity index (χ0n) is 13.6. The fourth-order valence-corrected chi connectivity index (χ4v) is 3.38. The Labute approximate surface area is 155 Å². The maximum atomic E-state index is 12.4. The van der Waals surface area contributed by atoms with Gasteiger partial charge in [0.1, 0.15) is 0 Å². The summed E-state index contributed by atoms with van der Waals surface area (Å²) in [5.74, 6) is 0. The van der Waals surface area contributed by atoms with E-state index in [9.17, 15) is 8.42 Å². The number of pyridine rings is 1. The van der Waals surface area contributed by atoms with E-state index in [1.54, 1.807) is 36.7 Å². The van der Waals surface area contributed by atoms with Crippen LogP contribution in [0.2, 0.25) is 0 Å². The predicted octanol–water partition coefficient (Wildman–Crippen LogP) is 2.91. The zero-order chi connectivity index (χ0) is 16.0. The van der Waals surface area contributed by atoms with E-state index in [1.807, 2.05) is 26.0 Å². The first kappa shape index (κ1) is 22.8. The number of rotatable bonds is 7. The van der Waals surface area contributed by atoms with Gasteiger partial charge in [0, 0.05) is 36.9 Å². The molecule has 0 aliphatic carbocycles. The number of nitrogens with zero attached hydrogens (tertiary/aromatic N) is 1. The molecule has 2 N–H and O–H groups in total. The van der Waals surface area contributed by atoms with Crippen molar-refractivity contribution in [1.82, 2.24) is 15.0 Å². The molecule has 1 unspecified atom stereocenters. The number of halogens is 2. The van der Waals surface area contributed by atoms with Gasteiger partial charge in [-0.3, -0.25) is 4.98 Å². The SMILES string of the molecule is CC=CCNCC(C)NS(=O)(=O)c1ccc2cnccc2c1.Cl.Cl. The van der Waals surface area contributed by atoms with Gasteiger partial charge in [0.2, 0.25) is 10.0 Å². The van der Waals surface area contributed by atoms with Crippen LogP contribution in [0, 0.1) is 0 Å². The van der Waals surface area contributed by atoms with Gasteiger partial charge < -0.3 is 5.32 Å². The van der Waals surface area contributed by atoms with Gasteiger partial charge in [-0.15, -0.1) is 24.8 Å². The number of benzene rings is 1. The van der Waals surface area contributed by atoms with Crippen molar-refractivity contribution in [3.63, 3.8) is 0 Å². The van der Waals surface area contributed by atoms with Crippen LogP contribution >= 0.6 is 24.8 Å². The van der Waals surface area contributed by atoms with Crippen molar-refractivity contribution in [1.29, 1.82) is 0 Å². The van der Waals surface area contributed by atoms with Gasteiger partial charge in [0.15, 0.2) is 0 Å². The Morgan fingerprint density at radius 3 is 2.67 bits per heavy atom. The Bertz CT molecular complexity index is 767. The summed E-state index contributed by atoms with van der Waals surface area (Å²) in [6.07, 6.45) is 7.30. The molecule has 0 radical (unpaired) electrons. The third-order valence-corrected chi connectivity index (χ3v) is 4.81. The molecular formula is C16H23Cl2N3O2S. The Morgan fingerprint density at radius 2 is 1.96 bits per heavy atom. The van der Waals surface area contributed by atoms with Crippen LogP contribution < -0.4 is 10.0 Å². The number of aromatic nitrogens is 1. The highest BCUT2D eigenvalue weighted by molar-refractivity contribution is 7.89. The summed E-state index contributed by atoms with van der Waals surface area (Å²) < 4.78 is 27.5. The smallest absolute Gasteiger partial charge is 0.240 e. The molecule has 0 aliphatic heterocycles. The number of allylic oxidation sites excluding steroid dienone is 1. The Balaban J connectivity index is 0.00000264. The maximum Gasteiger partial charge on any atom is 0.240 e. The van der Waals surface area contributed by atoms with E-state index in [0.717, 1.165) is 17.3 Å². The largest absolute Gasteiger partial charge is 0.312 e. The lowest BCUT2D eigenvalue weighted by Crippen LogP contribution is -2.39. The molecule has 0 amide bonds. The van der Waals surface area contributed by atoms with E-state index >= 15 is 0 Å². The molecule has 0 bridgehead atoms. The van der Waals surface area contributed by atoms with Crippen molar-refractivity contribution in [3.8, 4) is 0 Å². The molecular weight excluding hydrogens is 369 g/mol. The van der Waals surface area contributed by atoms with Gasteiger partial charge in [-0.25, -0.2) is 13.1 Å². The fourth-order valence-electron chi connectivity index (χ4n) is 2.10. The lowest BCUT2D eigenvalue weighted by atomic mass is 10.2. The lowest BCUT2D eigenvalue weighted by Gasteiger charge is -2.15. The monoisotopic (exact) mass is 391 g/mol. The van der Waals surface area contributed by atoms with E-state index in [1.165, 1.54) is 0 Å². The fraction of sp³-hybridized carbons (Fsp3) is 0.312. The van der Waals surface area contributed by atoms with Gasteiger partial charge >= 0.3 is 0 Å². The number of fused-ring (bicyclic) bond motifs is 1. The molecule has 2 aromatic rings.